The molecule has 4 rings (SSSR count). The Morgan fingerprint density at radius 3 is 2.65 bits per heavy atom. The van der Waals surface area contributed by atoms with E-state index < -0.39 is 9.84 Å². The van der Waals surface area contributed by atoms with Crippen molar-refractivity contribution in [3.63, 3.8) is 0 Å². The van der Waals surface area contributed by atoms with Gasteiger partial charge >= 0.3 is 0 Å². The van der Waals surface area contributed by atoms with Crippen LogP contribution in [0.15, 0.2) is 24.3 Å². The maximum atomic E-state index is 13.4. The van der Waals surface area contributed by atoms with Crippen LogP contribution in [0.2, 0.25) is 0 Å². The molecule has 0 bridgehead atoms. The Labute approximate surface area is 184 Å². The molecule has 3 aliphatic rings. The van der Waals surface area contributed by atoms with Crippen molar-refractivity contribution in [2.45, 2.75) is 50.7 Å². The molecule has 1 aromatic carbocycles. The maximum absolute atomic E-state index is 13.4. The molecule has 3 saturated heterocycles. The summed E-state index contributed by atoms with van der Waals surface area (Å²) in [5, 5.41) is 0. The first-order chi connectivity index (χ1) is 14.9. The molecule has 172 valence electrons. The molecule has 0 aliphatic carbocycles. The minimum atomic E-state index is -3.06. The molecule has 1 amide bonds. The van der Waals surface area contributed by atoms with Crippen LogP contribution < -0.4 is 0 Å². The molecule has 31 heavy (non-hydrogen) atoms. The predicted octanol–water partition coefficient (Wildman–Crippen LogP) is 2.27. The van der Waals surface area contributed by atoms with Gasteiger partial charge in [-0.15, -0.1) is 0 Å². The topological polar surface area (TPSA) is 66.9 Å². The second-order valence-electron chi connectivity index (χ2n) is 9.29. The molecule has 6 nitrogen and oxygen atoms in total. The fourth-order valence-corrected chi connectivity index (χ4v) is 6.84. The van der Waals surface area contributed by atoms with Gasteiger partial charge in [-0.05, 0) is 75.2 Å². The Hall–Kier alpha value is -1.51. The van der Waals surface area contributed by atoms with Crippen LogP contribution in [0.25, 0.3) is 0 Å². The first-order valence-electron chi connectivity index (χ1n) is 11.5. The van der Waals surface area contributed by atoms with Crippen molar-refractivity contribution >= 4 is 15.7 Å². The van der Waals surface area contributed by atoms with Gasteiger partial charge < -0.3 is 9.64 Å². The molecule has 0 spiro atoms. The normalized spacial score (nSPS) is 26.9. The third-order valence-electron chi connectivity index (χ3n) is 6.87. The van der Waals surface area contributed by atoms with Crippen molar-refractivity contribution in [3.8, 4) is 0 Å². The molecule has 3 fully saturated rings. The average molecular weight is 453 g/mol. The minimum absolute atomic E-state index is 0.0150. The number of carbonyl (C=O) groups excluding carboxylic acids is 1. The van der Waals surface area contributed by atoms with Crippen LogP contribution in [-0.4, -0.2) is 80.6 Å². The van der Waals surface area contributed by atoms with Crippen molar-refractivity contribution in [2.24, 2.45) is 5.92 Å². The minimum Gasteiger partial charge on any atom is -0.376 e. The molecule has 3 aliphatic heterocycles. The van der Waals surface area contributed by atoms with Crippen LogP contribution in [0, 0.1) is 11.7 Å². The number of hydrogen-bond acceptors (Lipinski definition) is 5. The zero-order valence-corrected chi connectivity index (χ0v) is 18.9. The zero-order valence-electron chi connectivity index (χ0n) is 18.0. The summed E-state index contributed by atoms with van der Waals surface area (Å²) in [6.07, 6.45) is 5.29. The van der Waals surface area contributed by atoms with Crippen LogP contribution >= 0.6 is 0 Å². The Kier molecular flexibility index (Phi) is 7.29. The van der Waals surface area contributed by atoms with Crippen molar-refractivity contribution in [1.82, 2.24) is 9.80 Å². The summed E-state index contributed by atoms with van der Waals surface area (Å²) in [7, 11) is -3.06. The number of ether oxygens (including phenoxy) is 1. The molecular weight excluding hydrogens is 419 g/mol. The van der Waals surface area contributed by atoms with Crippen molar-refractivity contribution in [1.29, 1.82) is 0 Å². The third-order valence-corrected chi connectivity index (χ3v) is 8.62. The largest absolute Gasteiger partial charge is 0.376 e. The van der Waals surface area contributed by atoms with E-state index in [9.17, 15) is 17.6 Å². The summed E-state index contributed by atoms with van der Waals surface area (Å²) in [6, 6.07) is 6.57. The van der Waals surface area contributed by atoms with Gasteiger partial charge in [0.15, 0.2) is 9.84 Å². The summed E-state index contributed by atoms with van der Waals surface area (Å²) >= 11 is 0. The van der Waals surface area contributed by atoms with Gasteiger partial charge in [0, 0.05) is 19.2 Å². The summed E-state index contributed by atoms with van der Waals surface area (Å²) < 4.78 is 43.2. The standard InChI is InChI=1S/C23H33FN2O4S/c24-20-4-1-3-19(14-20)13-18-6-9-25(10-7-18)16-23(27)26(15-22-5-2-11-30-22)21-8-12-31(28,29)17-21/h1,3-4,14,18,21-22H,2,5-13,15-17H2. The number of piperidine rings is 1. The van der Waals surface area contributed by atoms with E-state index >= 15 is 0 Å². The smallest absolute Gasteiger partial charge is 0.237 e. The van der Waals surface area contributed by atoms with Gasteiger partial charge in [-0.25, -0.2) is 12.8 Å². The Balaban J connectivity index is 1.31. The van der Waals surface area contributed by atoms with Crippen LogP contribution in [0.3, 0.4) is 0 Å². The van der Waals surface area contributed by atoms with Gasteiger partial charge in [-0.3, -0.25) is 9.69 Å². The first-order valence-corrected chi connectivity index (χ1v) is 13.3. The fourth-order valence-electron chi connectivity index (χ4n) is 5.11. The Morgan fingerprint density at radius 2 is 2.00 bits per heavy atom. The highest BCUT2D eigenvalue weighted by Crippen LogP contribution is 2.24. The number of halogens is 1. The summed E-state index contributed by atoms with van der Waals surface area (Å²) in [6.45, 7) is 3.21. The molecule has 0 radical (unpaired) electrons. The van der Waals surface area contributed by atoms with Crippen molar-refractivity contribution < 1.29 is 22.3 Å². The van der Waals surface area contributed by atoms with Crippen LogP contribution in [0.5, 0.6) is 0 Å². The number of hydrogen-bond donors (Lipinski definition) is 0. The molecule has 0 N–H and O–H groups in total. The molecule has 0 aromatic heterocycles. The maximum Gasteiger partial charge on any atom is 0.237 e. The van der Waals surface area contributed by atoms with Gasteiger partial charge in [-0.1, -0.05) is 12.1 Å². The van der Waals surface area contributed by atoms with E-state index in [-0.39, 0.29) is 35.4 Å². The Morgan fingerprint density at radius 1 is 1.19 bits per heavy atom. The second kappa shape index (κ2) is 9.96. The van der Waals surface area contributed by atoms with E-state index in [0.29, 0.717) is 32.0 Å². The highest BCUT2D eigenvalue weighted by atomic mass is 32.2. The number of carbonyl (C=O) groups is 1. The van der Waals surface area contributed by atoms with E-state index in [2.05, 4.69) is 4.90 Å². The number of benzene rings is 1. The highest BCUT2D eigenvalue weighted by Gasteiger charge is 2.37. The number of sulfone groups is 1. The lowest BCUT2D eigenvalue weighted by Gasteiger charge is -2.35. The SMILES string of the molecule is O=C(CN1CCC(Cc2cccc(F)c2)CC1)N(CC1CCCO1)C1CCS(=O)(=O)C1. The highest BCUT2D eigenvalue weighted by molar-refractivity contribution is 7.91. The lowest BCUT2D eigenvalue weighted by atomic mass is 9.90. The van der Waals surface area contributed by atoms with Crippen molar-refractivity contribution in [3.05, 3.63) is 35.6 Å². The first kappa shape index (κ1) is 22.7. The summed E-state index contributed by atoms with van der Waals surface area (Å²) in [4.78, 5) is 17.2. The van der Waals surface area contributed by atoms with E-state index in [0.717, 1.165) is 50.8 Å². The number of amides is 1. The molecular formula is C23H33FN2O4S. The molecule has 2 unspecified atom stereocenters. The van der Waals surface area contributed by atoms with Crippen LogP contribution in [0.4, 0.5) is 4.39 Å². The Bertz CT molecular complexity index is 864. The lowest BCUT2D eigenvalue weighted by Crippen LogP contribution is -2.50. The second-order valence-corrected chi connectivity index (χ2v) is 11.5. The summed E-state index contributed by atoms with van der Waals surface area (Å²) in [5.41, 5.74) is 1.03. The van der Waals surface area contributed by atoms with Gasteiger partial charge in [-0.2, -0.15) is 0 Å². The molecule has 3 heterocycles. The number of nitrogens with zero attached hydrogens (tertiary/aromatic N) is 2. The summed E-state index contributed by atoms with van der Waals surface area (Å²) in [5.74, 6) is 0.553. The van der Waals surface area contributed by atoms with Gasteiger partial charge in [0.2, 0.25) is 5.91 Å². The molecule has 2 atom stereocenters. The quantitative estimate of drug-likeness (QED) is 0.635. The molecule has 0 saturated carbocycles. The van der Waals surface area contributed by atoms with E-state index in [1.54, 1.807) is 17.0 Å². The van der Waals surface area contributed by atoms with E-state index in [1.165, 1.54) is 6.07 Å². The number of likely N-dealkylation sites (tertiary alicyclic amines) is 1. The van der Waals surface area contributed by atoms with E-state index in [1.807, 2.05) is 6.07 Å². The zero-order chi connectivity index (χ0) is 21.8. The van der Waals surface area contributed by atoms with Crippen LogP contribution in [-0.2, 0) is 25.8 Å². The molecule has 1 aromatic rings. The van der Waals surface area contributed by atoms with E-state index in [4.69, 9.17) is 4.74 Å². The monoisotopic (exact) mass is 452 g/mol. The van der Waals surface area contributed by atoms with Crippen molar-refractivity contribution in [2.75, 3.05) is 44.3 Å². The molecule has 8 heteroatoms. The fraction of sp³-hybridized carbons (Fsp3) is 0.696. The van der Waals surface area contributed by atoms with Crippen LogP contribution in [0.1, 0.15) is 37.7 Å². The van der Waals surface area contributed by atoms with Gasteiger partial charge in [0.25, 0.3) is 0 Å². The lowest BCUT2D eigenvalue weighted by molar-refractivity contribution is -0.136. The van der Waals surface area contributed by atoms with Gasteiger partial charge in [0.05, 0.1) is 24.2 Å². The third kappa shape index (κ3) is 6.26. The average Bonchev–Trinajstić information content (AvgIpc) is 3.36. The number of rotatable bonds is 7. The van der Waals surface area contributed by atoms with Gasteiger partial charge in [0.1, 0.15) is 5.82 Å². The predicted molar refractivity (Wildman–Crippen MR) is 117 cm³/mol.